The predicted molar refractivity (Wildman–Crippen MR) is 67.0 cm³/mol. The van der Waals surface area contributed by atoms with Crippen molar-refractivity contribution in [2.24, 2.45) is 0 Å². The molecule has 88 valence electrons. The number of hydrogen-bond donors (Lipinski definition) is 1. The van der Waals surface area contributed by atoms with Crippen LogP contribution in [0.5, 0.6) is 5.75 Å². The maximum atomic E-state index is 5.34. The molecule has 0 saturated heterocycles. The van der Waals surface area contributed by atoms with Gasteiger partial charge in [0.05, 0.1) is 7.11 Å². The molecule has 0 aliphatic heterocycles. The van der Waals surface area contributed by atoms with E-state index in [1.807, 2.05) is 12.1 Å². The summed E-state index contributed by atoms with van der Waals surface area (Å²) in [5.41, 5.74) is 1.30. The average molecular weight is 219 g/mol. The third-order valence-electron chi connectivity index (χ3n) is 3.38. The Morgan fingerprint density at radius 2 is 2.00 bits per heavy atom. The third-order valence-corrected chi connectivity index (χ3v) is 3.38. The van der Waals surface area contributed by atoms with E-state index >= 15 is 0 Å². The lowest BCUT2D eigenvalue weighted by Crippen LogP contribution is -2.28. The Labute approximate surface area is 98.0 Å². The lowest BCUT2D eigenvalue weighted by molar-refractivity contribution is 0.408. The minimum atomic E-state index is 0.759. The number of nitrogens with one attached hydrogen (secondary N) is 1. The van der Waals surface area contributed by atoms with E-state index in [0.29, 0.717) is 0 Å². The van der Waals surface area contributed by atoms with Crippen molar-refractivity contribution in [3.8, 4) is 5.75 Å². The second kappa shape index (κ2) is 5.90. The Kier molecular flexibility index (Phi) is 4.23. The van der Waals surface area contributed by atoms with Crippen molar-refractivity contribution in [3.05, 3.63) is 29.8 Å². The van der Waals surface area contributed by atoms with Gasteiger partial charge in [0.2, 0.25) is 0 Å². The summed E-state index contributed by atoms with van der Waals surface area (Å²) in [5, 5.41) is 3.63. The van der Waals surface area contributed by atoms with Crippen LogP contribution in [0.15, 0.2) is 24.3 Å². The first-order valence-corrected chi connectivity index (χ1v) is 6.25. The van der Waals surface area contributed by atoms with Crippen molar-refractivity contribution in [1.29, 1.82) is 0 Å². The molecular weight excluding hydrogens is 198 g/mol. The first-order valence-electron chi connectivity index (χ1n) is 6.25. The zero-order valence-electron chi connectivity index (χ0n) is 10.0. The summed E-state index contributed by atoms with van der Waals surface area (Å²) in [6, 6.07) is 9.04. The highest BCUT2D eigenvalue weighted by atomic mass is 16.5. The molecule has 0 spiro atoms. The van der Waals surface area contributed by atoms with Crippen LogP contribution in [0.25, 0.3) is 0 Å². The van der Waals surface area contributed by atoms with Crippen LogP contribution in [-0.2, 0) is 6.42 Å². The number of methoxy groups -OCH3 is 1. The summed E-state index contributed by atoms with van der Waals surface area (Å²) in [4.78, 5) is 0. The van der Waals surface area contributed by atoms with E-state index in [0.717, 1.165) is 24.8 Å². The number of hydrogen-bond acceptors (Lipinski definition) is 2. The van der Waals surface area contributed by atoms with Crippen LogP contribution in [0, 0.1) is 0 Å². The molecule has 0 unspecified atom stereocenters. The van der Waals surface area contributed by atoms with Crippen LogP contribution >= 0.6 is 0 Å². The van der Waals surface area contributed by atoms with E-state index in [-0.39, 0.29) is 0 Å². The molecular formula is C14H21NO. The number of benzene rings is 1. The van der Waals surface area contributed by atoms with Crippen molar-refractivity contribution in [2.45, 2.75) is 38.1 Å². The molecule has 1 aromatic rings. The van der Waals surface area contributed by atoms with Gasteiger partial charge in [-0.1, -0.05) is 31.0 Å². The molecule has 2 heteroatoms. The molecule has 2 rings (SSSR count). The minimum Gasteiger partial charge on any atom is -0.496 e. The van der Waals surface area contributed by atoms with Crippen molar-refractivity contribution >= 4 is 0 Å². The van der Waals surface area contributed by atoms with Crippen LogP contribution in [-0.4, -0.2) is 19.7 Å². The van der Waals surface area contributed by atoms with Crippen LogP contribution < -0.4 is 10.1 Å². The lowest BCUT2D eigenvalue weighted by atomic mass is 10.1. The molecule has 0 heterocycles. The first-order chi connectivity index (χ1) is 7.90. The fourth-order valence-corrected chi connectivity index (χ4v) is 2.45. The number of para-hydroxylation sites is 1. The van der Waals surface area contributed by atoms with Gasteiger partial charge in [-0.2, -0.15) is 0 Å². The number of rotatable bonds is 5. The quantitative estimate of drug-likeness (QED) is 0.822. The van der Waals surface area contributed by atoms with Crippen LogP contribution in [0.4, 0.5) is 0 Å². The molecule has 1 N–H and O–H groups in total. The van der Waals surface area contributed by atoms with E-state index in [9.17, 15) is 0 Å². The topological polar surface area (TPSA) is 21.3 Å². The van der Waals surface area contributed by atoms with Gasteiger partial charge in [-0.15, -0.1) is 0 Å². The smallest absolute Gasteiger partial charge is 0.122 e. The van der Waals surface area contributed by atoms with E-state index in [4.69, 9.17) is 4.74 Å². The highest BCUT2D eigenvalue weighted by Gasteiger charge is 2.13. The molecule has 1 fully saturated rings. The van der Waals surface area contributed by atoms with Gasteiger partial charge in [0.15, 0.2) is 0 Å². The zero-order chi connectivity index (χ0) is 11.2. The molecule has 0 aromatic heterocycles. The van der Waals surface area contributed by atoms with Gasteiger partial charge in [0.25, 0.3) is 0 Å². The lowest BCUT2D eigenvalue weighted by Gasteiger charge is -2.13. The SMILES string of the molecule is COc1ccccc1CCNC1CCCC1. The number of ether oxygens (including phenoxy) is 1. The molecule has 0 atom stereocenters. The van der Waals surface area contributed by atoms with Gasteiger partial charge < -0.3 is 10.1 Å². The molecule has 16 heavy (non-hydrogen) atoms. The summed E-state index contributed by atoms with van der Waals surface area (Å²) in [6.07, 6.45) is 6.55. The molecule has 1 aromatic carbocycles. The van der Waals surface area contributed by atoms with Gasteiger partial charge in [0.1, 0.15) is 5.75 Å². The third kappa shape index (κ3) is 2.99. The molecule has 1 saturated carbocycles. The van der Waals surface area contributed by atoms with Gasteiger partial charge in [-0.05, 0) is 37.4 Å². The van der Waals surface area contributed by atoms with Crippen LogP contribution in [0.2, 0.25) is 0 Å². The molecule has 0 radical (unpaired) electrons. The van der Waals surface area contributed by atoms with E-state index < -0.39 is 0 Å². The van der Waals surface area contributed by atoms with Crippen molar-refractivity contribution in [3.63, 3.8) is 0 Å². The summed E-state index contributed by atoms with van der Waals surface area (Å²) in [5.74, 6) is 1.01. The van der Waals surface area contributed by atoms with Gasteiger partial charge in [-0.25, -0.2) is 0 Å². The van der Waals surface area contributed by atoms with E-state index in [2.05, 4.69) is 17.4 Å². The Balaban J connectivity index is 1.79. The zero-order valence-corrected chi connectivity index (χ0v) is 10.0. The van der Waals surface area contributed by atoms with E-state index in [1.54, 1.807) is 7.11 Å². The largest absolute Gasteiger partial charge is 0.496 e. The predicted octanol–water partition coefficient (Wildman–Crippen LogP) is 2.77. The van der Waals surface area contributed by atoms with Crippen LogP contribution in [0.3, 0.4) is 0 Å². The van der Waals surface area contributed by atoms with Gasteiger partial charge in [-0.3, -0.25) is 0 Å². The maximum absolute atomic E-state index is 5.34. The van der Waals surface area contributed by atoms with Gasteiger partial charge in [0, 0.05) is 6.04 Å². The molecule has 1 aliphatic carbocycles. The molecule has 0 amide bonds. The molecule has 0 bridgehead atoms. The van der Waals surface area contributed by atoms with Crippen molar-refractivity contribution < 1.29 is 4.74 Å². The summed E-state index contributed by atoms with van der Waals surface area (Å²) in [7, 11) is 1.74. The summed E-state index contributed by atoms with van der Waals surface area (Å²) < 4.78 is 5.34. The molecule has 1 aliphatic rings. The van der Waals surface area contributed by atoms with E-state index in [1.165, 1.54) is 31.2 Å². The standard InChI is InChI=1S/C14H21NO/c1-16-14-9-5-2-6-12(14)10-11-15-13-7-3-4-8-13/h2,5-6,9,13,15H,3-4,7-8,10-11H2,1H3. The van der Waals surface area contributed by atoms with Crippen LogP contribution in [0.1, 0.15) is 31.2 Å². The highest BCUT2D eigenvalue weighted by molar-refractivity contribution is 5.33. The minimum absolute atomic E-state index is 0.759. The van der Waals surface area contributed by atoms with Crippen molar-refractivity contribution in [1.82, 2.24) is 5.32 Å². The first kappa shape index (κ1) is 11.5. The Hall–Kier alpha value is -1.02. The normalized spacial score (nSPS) is 16.6. The van der Waals surface area contributed by atoms with Gasteiger partial charge >= 0.3 is 0 Å². The van der Waals surface area contributed by atoms with Crippen molar-refractivity contribution in [2.75, 3.05) is 13.7 Å². The summed E-state index contributed by atoms with van der Waals surface area (Å²) >= 11 is 0. The second-order valence-corrected chi connectivity index (χ2v) is 4.50. The monoisotopic (exact) mass is 219 g/mol. The second-order valence-electron chi connectivity index (χ2n) is 4.50. The Bertz CT molecular complexity index is 318. The molecule has 2 nitrogen and oxygen atoms in total. The summed E-state index contributed by atoms with van der Waals surface area (Å²) in [6.45, 7) is 1.06. The average Bonchev–Trinajstić information content (AvgIpc) is 2.83. The fraction of sp³-hybridized carbons (Fsp3) is 0.571. The Morgan fingerprint density at radius 1 is 1.25 bits per heavy atom. The maximum Gasteiger partial charge on any atom is 0.122 e. The highest BCUT2D eigenvalue weighted by Crippen LogP contribution is 2.19. The Morgan fingerprint density at radius 3 is 2.75 bits per heavy atom. The fourth-order valence-electron chi connectivity index (χ4n) is 2.45.